The van der Waals surface area contributed by atoms with Gasteiger partial charge in [0.1, 0.15) is 11.6 Å². The zero-order valence-corrected chi connectivity index (χ0v) is 17.1. The Morgan fingerprint density at radius 3 is 2.38 bits per heavy atom. The van der Waals surface area contributed by atoms with Crippen LogP contribution < -0.4 is 4.74 Å². The third kappa shape index (κ3) is 4.39. The standard InChI is InChI=1S/C24H18FN3O4/c1-31-19-12-8-16(9-13-19)22-14-26-27-28(22)18-10-6-17(7-11-18)23(29)15-32-24(30)20-4-2-3-5-21(20)25/h2-14H,15H2,1H3. The van der Waals surface area contributed by atoms with Gasteiger partial charge in [0.25, 0.3) is 0 Å². The van der Waals surface area contributed by atoms with Crippen LogP contribution in [0.2, 0.25) is 0 Å². The van der Waals surface area contributed by atoms with Gasteiger partial charge in [-0.25, -0.2) is 13.9 Å². The Labute approximate surface area is 183 Å². The molecule has 0 saturated carbocycles. The first-order valence-electron chi connectivity index (χ1n) is 9.67. The average molecular weight is 431 g/mol. The predicted octanol–water partition coefficient (Wildman–Crippen LogP) is 4.12. The van der Waals surface area contributed by atoms with Crippen LogP contribution in [0.25, 0.3) is 16.9 Å². The van der Waals surface area contributed by atoms with Crippen molar-refractivity contribution in [1.29, 1.82) is 0 Å². The number of ketones is 1. The summed E-state index contributed by atoms with van der Waals surface area (Å²) in [5.41, 5.74) is 2.50. The highest BCUT2D eigenvalue weighted by atomic mass is 19.1. The molecule has 0 aliphatic rings. The highest BCUT2D eigenvalue weighted by molar-refractivity contribution is 5.99. The van der Waals surface area contributed by atoms with Crippen molar-refractivity contribution in [3.8, 4) is 22.7 Å². The Morgan fingerprint density at radius 1 is 0.969 bits per heavy atom. The third-order valence-electron chi connectivity index (χ3n) is 4.80. The molecule has 3 aromatic carbocycles. The van der Waals surface area contributed by atoms with E-state index in [1.54, 1.807) is 42.3 Å². The van der Waals surface area contributed by atoms with Crippen LogP contribution in [-0.4, -0.2) is 40.5 Å². The Bertz CT molecular complexity index is 1250. The Hall–Kier alpha value is -4.33. The van der Waals surface area contributed by atoms with Gasteiger partial charge in [-0.05, 0) is 60.7 Å². The van der Waals surface area contributed by atoms with Crippen LogP contribution in [0.4, 0.5) is 4.39 Å². The lowest BCUT2D eigenvalue weighted by Gasteiger charge is -2.08. The number of ether oxygens (including phenoxy) is 2. The monoisotopic (exact) mass is 431 g/mol. The molecule has 160 valence electrons. The molecule has 0 aliphatic heterocycles. The zero-order valence-electron chi connectivity index (χ0n) is 17.1. The highest BCUT2D eigenvalue weighted by Crippen LogP contribution is 2.24. The van der Waals surface area contributed by atoms with Gasteiger partial charge < -0.3 is 9.47 Å². The van der Waals surface area contributed by atoms with Crippen LogP contribution in [-0.2, 0) is 4.74 Å². The number of carbonyl (C=O) groups excluding carboxylic acids is 2. The number of aromatic nitrogens is 3. The van der Waals surface area contributed by atoms with Crippen molar-refractivity contribution in [1.82, 2.24) is 15.0 Å². The van der Waals surface area contributed by atoms with E-state index in [1.165, 1.54) is 18.2 Å². The number of Topliss-reactive ketones (excluding diaryl/α,β-unsaturated/α-hetero) is 1. The lowest BCUT2D eigenvalue weighted by Crippen LogP contribution is -2.15. The molecule has 0 radical (unpaired) electrons. The SMILES string of the molecule is COc1ccc(-c2cnnn2-c2ccc(C(=O)COC(=O)c3ccccc3F)cc2)cc1. The molecule has 0 unspecified atom stereocenters. The van der Waals surface area contributed by atoms with Crippen molar-refractivity contribution in [2.75, 3.05) is 13.7 Å². The number of benzene rings is 3. The summed E-state index contributed by atoms with van der Waals surface area (Å²) in [6.45, 7) is -0.493. The van der Waals surface area contributed by atoms with E-state index in [0.717, 1.165) is 23.1 Å². The molecule has 0 amide bonds. The molecule has 1 heterocycles. The van der Waals surface area contributed by atoms with E-state index in [4.69, 9.17) is 9.47 Å². The third-order valence-corrected chi connectivity index (χ3v) is 4.80. The number of rotatable bonds is 7. The van der Waals surface area contributed by atoms with Crippen LogP contribution >= 0.6 is 0 Å². The number of nitrogens with zero attached hydrogens (tertiary/aromatic N) is 3. The van der Waals surface area contributed by atoms with Gasteiger partial charge >= 0.3 is 5.97 Å². The number of hydrogen-bond acceptors (Lipinski definition) is 6. The number of halogens is 1. The molecule has 0 fully saturated rings. The molecule has 0 bridgehead atoms. The van der Waals surface area contributed by atoms with E-state index < -0.39 is 24.2 Å². The molecule has 0 N–H and O–H groups in total. The molecule has 0 saturated heterocycles. The summed E-state index contributed by atoms with van der Waals surface area (Å²) in [4.78, 5) is 24.4. The van der Waals surface area contributed by atoms with Gasteiger partial charge in [-0.2, -0.15) is 0 Å². The molecule has 0 atom stereocenters. The summed E-state index contributed by atoms with van der Waals surface area (Å²) in [5, 5.41) is 8.11. The summed E-state index contributed by atoms with van der Waals surface area (Å²) in [6.07, 6.45) is 1.64. The average Bonchev–Trinajstić information content (AvgIpc) is 3.33. The van der Waals surface area contributed by atoms with E-state index >= 15 is 0 Å². The van der Waals surface area contributed by atoms with E-state index in [0.29, 0.717) is 11.3 Å². The maximum atomic E-state index is 13.7. The fraction of sp³-hybridized carbons (Fsp3) is 0.0833. The van der Waals surface area contributed by atoms with Crippen molar-refractivity contribution >= 4 is 11.8 Å². The van der Waals surface area contributed by atoms with Crippen LogP contribution in [0, 0.1) is 5.82 Å². The lowest BCUT2D eigenvalue weighted by molar-refractivity contribution is 0.0470. The van der Waals surface area contributed by atoms with Crippen LogP contribution in [0.1, 0.15) is 20.7 Å². The van der Waals surface area contributed by atoms with Gasteiger partial charge in [0.15, 0.2) is 12.4 Å². The molecule has 8 heteroatoms. The van der Waals surface area contributed by atoms with Crippen molar-refractivity contribution < 1.29 is 23.5 Å². The van der Waals surface area contributed by atoms with Crippen LogP contribution in [0.5, 0.6) is 5.75 Å². The number of hydrogen-bond donors (Lipinski definition) is 0. The largest absolute Gasteiger partial charge is 0.497 e. The molecular formula is C24H18FN3O4. The Morgan fingerprint density at radius 2 is 1.69 bits per heavy atom. The molecule has 4 aromatic rings. The van der Waals surface area contributed by atoms with Crippen LogP contribution in [0.15, 0.2) is 79.0 Å². The smallest absolute Gasteiger partial charge is 0.341 e. The fourth-order valence-corrected chi connectivity index (χ4v) is 3.09. The van der Waals surface area contributed by atoms with Gasteiger partial charge in [-0.3, -0.25) is 4.79 Å². The maximum absolute atomic E-state index is 13.7. The minimum absolute atomic E-state index is 0.215. The van der Waals surface area contributed by atoms with Gasteiger partial charge in [0.2, 0.25) is 0 Å². The first kappa shape index (κ1) is 20.9. The first-order chi connectivity index (χ1) is 15.6. The molecule has 0 spiro atoms. The molecular weight excluding hydrogens is 413 g/mol. The Kier molecular flexibility index (Phi) is 6.03. The van der Waals surface area contributed by atoms with E-state index in [2.05, 4.69) is 10.3 Å². The summed E-state index contributed by atoms with van der Waals surface area (Å²) < 4.78 is 25.4. The highest BCUT2D eigenvalue weighted by Gasteiger charge is 2.16. The molecule has 32 heavy (non-hydrogen) atoms. The van der Waals surface area contributed by atoms with Crippen molar-refractivity contribution in [2.24, 2.45) is 0 Å². The van der Waals surface area contributed by atoms with E-state index in [9.17, 15) is 14.0 Å². The van der Waals surface area contributed by atoms with Crippen molar-refractivity contribution in [3.63, 3.8) is 0 Å². The van der Waals surface area contributed by atoms with Crippen LogP contribution in [0.3, 0.4) is 0 Å². The molecule has 1 aromatic heterocycles. The van der Waals surface area contributed by atoms with Gasteiger partial charge in [-0.15, -0.1) is 5.10 Å². The Balaban J connectivity index is 1.46. The number of esters is 1. The summed E-state index contributed by atoms with van der Waals surface area (Å²) >= 11 is 0. The van der Waals surface area contributed by atoms with Gasteiger partial charge in [0.05, 0.1) is 30.3 Å². The molecule has 7 nitrogen and oxygen atoms in total. The predicted molar refractivity (Wildman–Crippen MR) is 114 cm³/mol. The van der Waals surface area contributed by atoms with E-state index in [-0.39, 0.29) is 5.56 Å². The fourth-order valence-electron chi connectivity index (χ4n) is 3.09. The first-order valence-corrected chi connectivity index (χ1v) is 9.67. The second-order valence-electron chi connectivity index (χ2n) is 6.79. The number of carbonyl (C=O) groups is 2. The zero-order chi connectivity index (χ0) is 22.5. The molecule has 4 rings (SSSR count). The lowest BCUT2D eigenvalue weighted by atomic mass is 10.1. The summed E-state index contributed by atoms with van der Waals surface area (Å²) in [7, 11) is 1.60. The molecule has 0 aliphatic carbocycles. The summed E-state index contributed by atoms with van der Waals surface area (Å²) in [6, 6.07) is 19.6. The second kappa shape index (κ2) is 9.22. The minimum Gasteiger partial charge on any atom is -0.497 e. The minimum atomic E-state index is -0.889. The van der Waals surface area contributed by atoms with Gasteiger partial charge in [-0.1, -0.05) is 17.3 Å². The topological polar surface area (TPSA) is 83.3 Å². The second-order valence-corrected chi connectivity index (χ2v) is 6.79. The quantitative estimate of drug-likeness (QED) is 0.323. The number of methoxy groups -OCH3 is 1. The van der Waals surface area contributed by atoms with Gasteiger partial charge in [0, 0.05) is 11.1 Å². The van der Waals surface area contributed by atoms with Crippen molar-refractivity contribution in [3.05, 3.63) is 95.9 Å². The summed E-state index contributed by atoms with van der Waals surface area (Å²) in [5.74, 6) is -1.25. The van der Waals surface area contributed by atoms with E-state index in [1.807, 2.05) is 24.3 Å². The van der Waals surface area contributed by atoms with Crippen molar-refractivity contribution in [2.45, 2.75) is 0 Å². The maximum Gasteiger partial charge on any atom is 0.341 e. The normalized spacial score (nSPS) is 10.6.